The molecule has 0 unspecified atom stereocenters. The maximum absolute atomic E-state index is 13.4. The summed E-state index contributed by atoms with van der Waals surface area (Å²) in [7, 11) is -2.33. The first-order valence-electron chi connectivity index (χ1n) is 12.9. The quantitative estimate of drug-likeness (QED) is 0.441. The lowest BCUT2D eigenvalue weighted by Crippen LogP contribution is -2.49. The fourth-order valence-electron chi connectivity index (χ4n) is 4.49. The van der Waals surface area contributed by atoms with Gasteiger partial charge in [0.05, 0.1) is 25.6 Å². The van der Waals surface area contributed by atoms with Crippen LogP contribution < -0.4 is 14.8 Å². The fourth-order valence-corrected chi connectivity index (χ4v) is 5.87. The van der Waals surface area contributed by atoms with Crippen LogP contribution in [0.1, 0.15) is 44.7 Å². The molecule has 1 aromatic carbocycles. The molecule has 3 amide bonds. The minimum Gasteiger partial charge on any atom is -0.488 e. The summed E-state index contributed by atoms with van der Waals surface area (Å²) in [4.78, 5) is 29.1. The number of hydrogen-bond acceptors (Lipinski definition) is 8. The molecule has 2 aromatic rings. The molecule has 0 fully saturated rings. The van der Waals surface area contributed by atoms with Crippen molar-refractivity contribution in [1.82, 2.24) is 20.3 Å². The molecule has 3 atom stereocenters. The summed E-state index contributed by atoms with van der Waals surface area (Å²) < 4.78 is 40.1. The van der Waals surface area contributed by atoms with E-state index in [0.29, 0.717) is 17.9 Å². The van der Waals surface area contributed by atoms with E-state index in [4.69, 9.17) is 9.26 Å². The zero-order valence-corrected chi connectivity index (χ0v) is 24.3. The summed E-state index contributed by atoms with van der Waals surface area (Å²) in [6.45, 7) is 10.8. The number of aliphatic hydroxyl groups is 1. The van der Waals surface area contributed by atoms with Crippen LogP contribution >= 0.6 is 0 Å². The molecule has 0 saturated heterocycles. The number of amides is 3. The van der Waals surface area contributed by atoms with Gasteiger partial charge in [-0.15, -0.1) is 0 Å². The van der Waals surface area contributed by atoms with Gasteiger partial charge >= 0.3 is 6.03 Å². The molecule has 3 N–H and O–H groups in total. The molecule has 2 heterocycles. The highest BCUT2D eigenvalue weighted by molar-refractivity contribution is 7.92. The number of aryl methyl sites for hydroxylation is 2. The van der Waals surface area contributed by atoms with Gasteiger partial charge in [0.15, 0.2) is 10.7 Å². The van der Waals surface area contributed by atoms with Gasteiger partial charge < -0.3 is 29.5 Å². The lowest BCUT2D eigenvalue weighted by atomic mass is 10.0. The minimum absolute atomic E-state index is 0.0364. The zero-order valence-electron chi connectivity index (χ0n) is 23.5. The van der Waals surface area contributed by atoms with E-state index >= 15 is 0 Å². The van der Waals surface area contributed by atoms with Gasteiger partial charge in [-0.1, -0.05) is 12.1 Å². The van der Waals surface area contributed by atoms with E-state index in [0.717, 1.165) is 0 Å². The highest BCUT2D eigenvalue weighted by atomic mass is 32.2. The average Bonchev–Trinajstić information content (AvgIpc) is 3.21. The second kappa shape index (κ2) is 12.2. The number of likely N-dealkylation sites (N-methyl/N-ethyl adjacent to an activating group) is 1. The van der Waals surface area contributed by atoms with E-state index in [2.05, 4.69) is 15.2 Å². The standard InChI is InChI=1S/C26H39N5O7S/c1-15(2)27-26(34)30(7)13-23-16(3)12-31(17(4)14-32)24(33)11-20-10-21(8-9-22(20)37-23)29-39(35,36)25-18(5)28-38-19(25)6/h8-10,15-17,23,29,32H,11-14H2,1-7H3,(H,27,34)/t16-,17-,23-/m1/s1. The number of fused-ring (bicyclic) bond motifs is 1. The maximum Gasteiger partial charge on any atom is 0.317 e. The summed E-state index contributed by atoms with van der Waals surface area (Å²) in [6, 6.07) is 4.01. The largest absolute Gasteiger partial charge is 0.488 e. The van der Waals surface area contributed by atoms with Gasteiger partial charge in [0.1, 0.15) is 17.5 Å². The number of rotatable bonds is 8. The molecular formula is C26H39N5O7S. The molecule has 1 aromatic heterocycles. The van der Waals surface area contributed by atoms with Crippen molar-refractivity contribution < 1.29 is 32.4 Å². The molecular weight excluding hydrogens is 526 g/mol. The Balaban J connectivity index is 1.98. The van der Waals surface area contributed by atoms with E-state index < -0.39 is 22.2 Å². The predicted octanol–water partition coefficient (Wildman–Crippen LogP) is 2.29. The molecule has 13 heteroatoms. The number of carbonyl (C=O) groups excluding carboxylic acids is 2. The fraction of sp³-hybridized carbons (Fsp3) is 0.577. The lowest BCUT2D eigenvalue weighted by molar-refractivity contribution is -0.134. The van der Waals surface area contributed by atoms with Crippen LogP contribution in [0.4, 0.5) is 10.5 Å². The molecule has 0 radical (unpaired) electrons. The zero-order chi connectivity index (χ0) is 29.1. The molecule has 0 bridgehead atoms. The number of aliphatic hydroxyl groups excluding tert-OH is 1. The average molecular weight is 566 g/mol. The van der Waals surface area contributed by atoms with Gasteiger partial charge in [-0.3, -0.25) is 9.52 Å². The molecule has 3 rings (SSSR count). The van der Waals surface area contributed by atoms with Gasteiger partial charge in [0.25, 0.3) is 10.0 Å². The van der Waals surface area contributed by atoms with Crippen LogP contribution in [0.3, 0.4) is 0 Å². The molecule has 0 saturated carbocycles. The van der Waals surface area contributed by atoms with Crippen molar-refractivity contribution in [2.45, 2.75) is 71.0 Å². The third-order valence-corrected chi connectivity index (χ3v) is 8.24. The Bertz CT molecular complexity index is 1270. The van der Waals surface area contributed by atoms with Crippen molar-refractivity contribution in [3.8, 4) is 5.75 Å². The molecule has 216 valence electrons. The number of aromatic nitrogens is 1. The van der Waals surface area contributed by atoms with Crippen LogP contribution in [0.5, 0.6) is 5.75 Å². The smallest absolute Gasteiger partial charge is 0.317 e. The first kappa shape index (κ1) is 30.2. The number of nitrogens with one attached hydrogen (secondary N) is 2. The minimum atomic E-state index is -4.00. The third kappa shape index (κ3) is 7.21. The van der Waals surface area contributed by atoms with Crippen molar-refractivity contribution in [2.75, 3.05) is 31.5 Å². The Morgan fingerprint density at radius 3 is 2.56 bits per heavy atom. The Labute approximate surface area is 229 Å². The van der Waals surface area contributed by atoms with E-state index in [1.165, 1.54) is 18.7 Å². The maximum atomic E-state index is 13.4. The summed E-state index contributed by atoms with van der Waals surface area (Å²) in [5.74, 6) is 0.153. The van der Waals surface area contributed by atoms with Gasteiger partial charge in [-0.05, 0) is 52.8 Å². The highest BCUT2D eigenvalue weighted by Gasteiger charge is 2.32. The Morgan fingerprint density at radius 1 is 1.28 bits per heavy atom. The highest BCUT2D eigenvalue weighted by Crippen LogP contribution is 2.31. The molecule has 1 aliphatic rings. The Kier molecular flexibility index (Phi) is 9.49. The van der Waals surface area contributed by atoms with Gasteiger partial charge in [0.2, 0.25) is 5.91 Å². The van der Waals surface area contributed by atoms with Gasteiger partial charge in [-0.25, -0.2) is 13.2 Å². The molecule has 1 aliphatic heterocycles. The molecule has 0 spiro atoms. The van der Waals surface area contributed by atoms with Crippen molar-refractivity contribution in [3.63, 3.8) is 0 Å². The summed E-state index contributed by atoms with van der Waals surface area (Å²) in [5, 5.41) is 16.4. The number of sulfonamides is 1. The second-order valence-electron chi connectivity index (χ2n) is 10.5. The lowest BCUT2D eigenvalue weighted by Gasteiger charge is -2.34. The topological polar surface area (TPSA) is 154 Å². The molecule has 0 aliphatic carbocycles. The number of urea groups is 1. The van der Waals surface area contributed by atoms with Crippen LogP contribution in [0.25, 0.3) is 0 Å². The van der Waals surface area contributed by atoms with Gasteiger partial charge in [-0.2, -0.15) is 0 Å². The third-order valence-electron chi connectivity index (χ3n) is 6.62. The summed E-state index contributed by atoms with van der Waals surface area (Å²) in [6.07, 6.45) is -0.556. The summed E-state index contributed by atoms with van der Waals surface area (Å²) in [5.41, 5.74) is 0.948. The Hall–Kier alpha value is -3.32. The van der Waals surface area contributed by atoms with Crippen LogP contribution in [-0.2, 0) is 21.2 Å². The normalized spacial score (nSPS) is 18.9. The number of anilines is 1. The van der Waals surface area contributed by atoms with Crippen molar-refractivity contribution >= 4 is 27.6 Å². The SMILES string of the molecule is Cc1noc(C)c1S(=O)(=O)Nc1ccc2c(c1)CC(=O)N([C@H](C)CO)C[C@@H](C)[C@@H](CN(C)C(=O)NC(C)C)O2. The van der Waals surface area contributed by atoms with Crippen molar-refractivity contribution in [1.29, 1.82) is 0 Å². The van der Waals surface area contributed by atoms with Gasteiger partial charge in [0, 0.05) is 36.8 Å². The van der Waals surface area contributed by atoms with Crippen LogP contribution in [0.2, 0.25) is 0 Å². The number of benzene rings is 1. The van der Waals surface area contributed by atoms with Crippen molar-refractivity contribution in [3.05, 3.63) is 35.2 Å². The monoisotopic (exact) mass is 565 g/mol. The first-order chi connectivity index (χ1) is 18.2. The predicted molar refractivity (Wildman–Crippen MR) is 145 cm³/mol. The number of nitrogens with zero attached hydrogens (tertiary/aromatic N) is 3. The van der Waals surface area contributed by atoms with E-state index in [9.17, 15) is 23.1 Å². The van der Waals surface area contributed by atoms with Crippen LogP contribution in [-0.4, -0.2) is 85.4 Å². The number of carbonyl (C=O) groups is 2. The van der Waals surface area contributed by atoms with E-state index in [1.807, 2.05) is 20.8 Å². The second-order valence-corrected chi connectivity index (χ2v) is 12.1. The van der Waals surface area contributed by atoms with E-state index in [-0.39, 0.29) is 65.5 Å². The van der Waals surface area contributed by atoms with Crippen molar-refractivity contribution in [2.24, 2.45) is 5.92 Å². The number of hydrogen-bond donors (Lipinski definition) is 3. The number of ether oxygens (including phenoxy) is 1. The molecule has 12 nitrogen and oxygen atoms in total. The Morgan fingerprint density at radius 2 is 1.97 bits per heavy atom. The first-order valence-corrected chi connectivity index (χ1v) is 14.4. The summed E-state index contributed by atoms with van der Waals surface area (Å²) >= 11 is 0. The van der Waals surface area contributed by atoms with Crippen LogP contribution in [0, 0.1) is 19.8 Å². The molecule has 39 heavy (non-hydrogen) atoms. The van der Waals surface area contributed by atoms with E-state index in [1.54, 1.807) is 37.1 Å². The van der Waals surface area contributed by atoms with Crippen LogP contribution in [0.15, 0.2) is 27.6 Å².